The Balaban J connectivity index is 0.0000116. The minimum absolute atomic E-state index is 0. The molecule has 0 heterocycles. The predicted molar refractivity (Wildman–Crippen MR) is 148 cm³/mol. The van der Waals surface area contributed by atoms with E-state index in [2.05, 4.69) is 17.6 Å². The van der Waals surface area contributed by atoms with Crippen LogP contribution in [0.4, 0.5) is 4.79 Å². The lowest BCUT2D eigenvalue weighted by molar-refractivity contribution is -0.123. The van der Waals surface area contributed by atoms with Crippen LogP contribution in [0.15, 0.2) is 30.3 Å². The van der Waals surface area contributed by atoms with Gasteiger partial charge in [0.05, 0.1) is 0 Å². The molecular formula is C28H50ClN3O3. The van der Waals surface area contributed by atoms with Gasteiger partial charge in [-0.1, -0.05) is 108 Å². The predicted octanol–water partition coefficient (Wildman–Crippen LogP) is 6.65. The molecule has 1 rings (SSSR count). The van der Waals surface area contributed by atoms with E-state index in [0.717, 1.165) is 31.2 Å². The Bertz CT molecular complexity index is 631. The molecule has 0 aliphatic rings. The molecule has 1 aromatic carbocycles. The Labute approximate surface area is 219 Å². The smallest absolute Gasteiger partial charge is 0.408 e. The number of halogens is 1. The minimum Gasteiger partial charge on any atom is -0.445 e. The van der Waals surface area contributed by atoms with E-state index in [9.17, 15) is 9.59 Å². The van der Waals surface area contributed by atoms with Crippen LogP contribution in [0.2, 0.25) is 0 Å². The maximum Gasteiger partial charge on any atom is 0.408 e. The molecule has 0 unspecified atom stereocenters. The Morgan fingerprint density at radius 3 is 1.97 bits per heavy atom. The van der Waals surface area contributed by atoms with Crippen molar-refractivity contribution in [2.75, 3.05) is 13.1 Å². The first-order valence-electron chi connectivity index (χ1n) is 13.6. The lowest BCUT2D eigenvalue weighted by Crippen LogP contribution is -2.47. The third kappa shape index (κ3) is 19.1. The molecule has 0 bridgehead atoms. The van der Waals surface area contributed by atoms with Crippen LogP contribution in [0.25, 0.3) is 0 Å². The summed E-state index contributed by atoms with van der Waals surface area (Å²) in [5.74, 6) is -0.142. The third-order valence-corrected chi connectivity index (χ3v) is 6.10. The first kappa shape index (κ1) is 33.2. The van der Waals surface area contributed by atoms with Gasteiger partial charge >= 0.3 is 6.09 Å². The summed E-state index contributed by atoms with van der Waals surface area (Å²) in [7, 11) is 0. The number of alkyl carbamates (subject to hydrolysis) is 1. The van der Waals surface area contributed by atoms with Crippen molar-refractivity contribution in [1.82, 2.24) is 10.6 Å². The van der Waals surface area contributed by atoms with Crippen molar-refractivity contribution in [3.63, 3.8) is 0 Å². The Kier molecular flexibility index (Phi) is 22.7. The number of nitrogens with one attached hydrogen (secondary N) is 2. The lowest BCUT2D eigenvalue weighted by Gasteiger charge is -2.18. The SMILES string of the molecule is CCCCCCCCCCCCCCNC(=O)[C@@H](CCCCN)NC(=O)OCc1ccccc1.Cl. The largest absolute Gasteiger partial charge is 0.445 e. The van der Waals surface area contributed by atoms with Gasteiger partial charge in [-0.05, 0) is 37.8 Å². The molecule has 0 saturated carbocycles. The maximum atomic E-state index is 12.6. The molecule has 1 aromatic rings. The summed E-state index contributed by atoms with van der Waals surface area (Å²) in [6.07, 6.45) is 17.1. The van der Waals surface area contributed by atoms with Gasteiger partial charge in [0, 0.05) is 6.54 Å². The summed E-state index contributed by atoms with van der Waals surface area (Å²) in [6.45, 7) is 3.66. The fourth-order valence-electron chi connectivity index (χ4n) is 3.97. The molecule has 0 radical (unpaired) electrons. The van der Waals surface area contributed by atoms with Gasteiger partial charge in [-0.3, -0.25) is 4.79 Å². The number of hydrogen-bond donors (Lipinski definition) is 3. The van der Waals surface area contributed by atoms with E-state index in [4.69, 9.17) is 10.5 Å². The fraction of sp³-hybridized carbons (Fsp3) is 0.714. The van der Waals surface area contributed by atoms with Crippen molar-refractivity contribution in [2.45, 2.75) is 116 Å². The zero-order valence-electron chi connectivity index (χ0n) is 21.9. The minimum atomic E-state index is -0.591. The average Bonchev–Trinajstić information content (AvgIpc) is 2.85. The first-order chi connectivity index (χ1) is 16.7. The number of carbonyl (C=O) groups excluding carboxylic acids is 2. The van der Waals surface area contributed by atoms with Crippen LogP contribution >= 0.6 is 12.4 Å². The number of amides is 2. The zero-order valence-corrected chi connectivity index (χ0v) is 22.7. The second-order valence-electron chi connectivity index (χ2n) is 9.22. The normalized spacial score (nSPS) is 11.4. The van der Waals surface area contributed by atoms with Crippen molar-refractivity contribution in [3.05, 3.63) is 35.9 Å². The van der Waals surface area contributed by atoms with Crippen LogP contribution in [-0.2, 0) is 16.1 Å². The molecule has 4 N–H and O–H groups in total. The number of hydrogen-bond acceptors (Lipinski definition) is 4. The van der Waals surface area contributed by atoms with Crippen molar-refractivity contribution in [1.29, 1.82) is 0 Å². The fourth-order valence-corrected chi connectivity index (χ4v) is 3.97. The number of benzene rings is 1. The second kappa shape index (κ2) is 23.9. The Morgan fingerprint density at radius 2 is 1.40 bits per heavy atom. The molecule has 0 fully saturated rings. The summed E-state index contributed by atoms with van der Waals surface area (Å²) in [4.78, 5) is 24.9. The summed E-state index contributed by atoms with van der Waals surface area (Å²) < 4.78 is 5.28. The average molecular weight is 512 g/mol. The lowest BCUT2D eigenvalue weighted by atomic mass is 10.1. The molecule has 35 heavy (non-hydrogen) atoms. The number of ether oxygens (including phenoxy) is 1. The van der Waals surface area contributed by atoms with Crippen LogP contribution in [-0.4, -0.2) is 31.1 Å². The van der Waals surface area contributed by atoms with Gasteiger partial charge in [-0.2, -0.15) is 0 Å². The summed E-state index contributed by atoms with van der Waals surface area (Å²) in [5.41, 5.74) is 6.49. The van der Waals surface area contributed by atoms with Crippen LogP contribution in [0, 0.1) is 0 Å². The summed E-state index contributed by atoms with van der Waals surface area (Å²) in [6, 6.07) is 8.91. The molecule has 7 heteroatoms. The van der Waals surface area contributed by atoms with E-state index in [0.29, 0.717) is 19.5 Å². The van der Waals surface area contributed by atoms with Gasteiger partial charge in [-0.25, -0.2) is 4.79 Å². The molecule has 2 amide bonds. The molecule has 0 spiro atoms. The molecule has 6 nitrogen and oxygen atoms in total. The van der Waals surface area contributed by atoms with Crippen LogP contribution in [0.3, 0.4) is 0 Å². The number of unbranched alkanes of at least 4 members (excludes halogenated alkanes) is 12. The van der Waals surface area contributed by atoms with E-state index in [1.165, 1.54) is 64.2 Å². The highest BCUT2D eigenvalue weighted by molar-refractivity contribution is 5.85. The van der Waals surface area contributed by atoms with E-state index in [1.807, 2.05) is 30.3 Å². The molecule has 1 atom stereocenters. The highest BCUT2D eigenvalue weighted by Gasteiger charge is 2.20. The van der Waals surface area contributed by atoms with Crippen LogP contribution in [0.1, 0.15) is 109 Å². The van der Waals surface area contributed by atoms with E-state index >= 15 is 0 Å². The van der Waals surface area contributed by atoms with Crippen LogP contribution < -0.4 is 16.4 Å². The highest BCUT2D eigenvalue weighted by atomic mass is 35.5. The Morgan fingerprint density at radius 1 is 0.829 bits per heavy atom. The van der Waals surface area contributed by atoms with E-state index in [1.54, 1.807) is 0 Å². The molecule has 0 aromatic heterocycles. The van der Waals surface area contributed by atoms with Gasteiger partial charge < -0.3 is 21.1 Å². The number of rotatable bonds is 21. The van der Waals surface area contributed by atoms with Gasteiger partial charge in [0.25, 0.3) is 0 Å². The molecular weight excluding hydrogens is 462 g/mol. The van der Waals surface area contributed by atoms with E-state index < -0.39 is 12.1 Å². The Hall–Kier alpha value is -1.79. The first-order valence-corrected chi connectivity index (χ1v) is 13.6. The zero-order chi connectivity index (χ0) is 24.7. The van der Waals surface area contributed by atoms with Crippen molar-refractivity contribution in [3.8, 4) is 0 Å². The van der Waals surface area contributed by atoms with Gasteiger partial charge in [0.2, 0.25) is 5.91 Å². The summed E-state index contributed by atoms with van der Waals surface area (Å²) >= 11 is 0. The molecule has 0 aliphatic carbocycles. The van der Waals surface area contributed by atoms with Crippen molar-refractivity contribution in [2.24, 2.45) is 5.73 Å². The van der Waals surface area contributed by atoms with Gasteiger partial charge in [-0.15, -0.1) is 12.4 Å². The maximum absolute atomic E-state index is 12.6. The molecule has 202 valence electrons. The standard InChI is InChI=1S/C28H49N3O3.ClH/c1-2-3-4-5-6-7-8-9-10-11-12-18-23-30-27(32)26(21-16-17-22-29)31-28(33)34-24-25-19-14-13-15-20-25;/h13-15,19-20,26H,2-12,16-18,21-24,29H2,1H3,(H,30,32)(H,31,33);1H/t26-;/m1./s1. The monoisotopic (exact) mass is 511 g/mol. The van der Waals surface area contributed by atoms with Crippen LogP contribution in [0.5, 0.6) is 0 Å². The third-order valence-electron chi connectivity index (χ3n) is 6.10. The summed E-state index contributed by atoms with van der Waals surface area (Å²) in [5, 5.41) is 5.71. The topological polar surface area (TPSA) is 93.5 Å². The molecule has 0 aliphatic heterocycles. The van der Waals surface area contributed by atoms with Gasteiger partial charge in [0.15, 0.2) is 0 Å². The highest BCUT2D eigenvalue weighted by Crippen LogP contribution is 2.12. The number of nitrogens with two attached hydrogens (primary N) is 1. The molecule has 0 saturated heterocycles. The quantitative estimate of drug-likeness (QED) is 0.161. The van der Waals surface area contributed by atoms with E-state index in [-0.39, 0.29) is 24.9 Å². The van der Waals surface area contributed by atoms with Gasteiger partial charge in [0.1, 0.15) is 12.6 Å². The number of carbonyl (C=O) groups is 2. The van der Waals surface area contributed by atoms with Crippen molar-refractivity contribution >= 4 is 24.4 Å². The van der Waals surface area contributed by atoms with Crippen molar-refractivity contribution < 1.29 is 14.3 Å². The second-order valence-corrected chi connectivity index (χ2v) is 9.22.